The normalized spacial score (nSPS) is 19.7. The molecule has 4 nitrogen and oxygen atoms in total. The summed E-state index contributed by atoms with van der Waals surface area (Å²) in [5.74, 6) is -1.22. The number of halogens is 3. The van der Waals surface area contributed by atoms with E-state index in [1.807, 2.05) is 0 Å². The van der Waals surface area contributed by atoms with E-state index < -0.39 is 17.8 Å². The molecule has 1 aliphatic rings. The number of benzene rings is 2. The number of amides is 2. The Hall–Kier alpha value is -2.11. The van der Waals surface area contributed by atoms with Gasteiger partial charge in [0, 0.05) is 22.3 Å². The first-order valence-corrected chi connectivity index (χ1v) is 11.0. The van der Waals surface area contributed by atoms with Crippen LogP contribution in [0.4, 0.5) is 10.1 Å². The van der Waals surface area contributed by atoms with Crippen molar-refractivity contribution in [3.63, 3.8) is 0 Å². The maximum Gasteiger partial charge on any atom is 0.248 e. The summed E-state index contributed by atoms with van der Waals surface area (Å²) in [6.07, 6.45) is 4.13. The lowest BCUT2D eigenvalue weighted by Gasteiger charge is -2.35. The van der Waals surface area contributed by atoms with Gasteiger partial charge < -0.3 is 5.32 Å². The molecule has 0 unspecified atom stereocenters. The standard InChI is InChI=1S/C23H25Cl2FN2O2/c1-15-6-2-5-9-20(15)27-23(30)22(18-7-3-4-8-19(18)25)28(21(29)14-24)17-12-10-16(26)11-13-17/h3-4,7-8,10-13,15,20,22H,2,5-6,9,14H2,1H3,(H,27,30)/t15-,20-,22-/m1/s1. The zero-order valence-corrected chi connectivity index (χ0v) is 18.3. The molecular weight excluding hydrogens is 426 g/mol. The average molecular weight is 451 g/mol. The number of alkyl halides is 1. The Morgan fingerprint density at radius 3 is 2.43 bits per heavy atom. The van der Waals surface area contributed by atoms with Gasteiger partial charge in [-0.05, 0) is 49.1 Å². The second-order valence-corrected chi connectivity index (χ2v) is 8.35. The first-order chi connectivity index (χ1) is 14.4. The van der Waals surface area contributed by atoms with E-state index in [0.29, 0.717) is 22.2 Å². The fraction of sp³-hybridized carbons (Fsp3) is 0.391. The molecule has 0 spiro atoms. The number of nitrogens with one attached hydrogen (secondary N) is 1. The summed E-state index contributed by atoms with van der Waals surface area (Å²) in [5, 5.41) is 3.49. The fourth-order valence-corrected chi connectivity index (χ4v) is 4.36. The van der Waals surface area contributed by atoms with Crippen LogP contribution in [0.3, 0.4) is 0 Å². The molecule has 2 amide bonds. The highest BCUT2D eigenvalue weighted by molar-refractivity contribution is 6.32. The predicted octanol–water partition coefficient (Wildman–Crippen LogP) is 5.49. The second kappa shape index (κ2) is 10.3. The number of hydrogen-bond donors (Lipinski definition) is 1. The molecule has 2 aromatic carbocycles. The Morgan fingerprint density at radius 1 is 1.13 bits per heavy atom. The Balaban J connectivity index is 2.04. The molecular formula is C23H25Cl2FN2O2. The molecule has 3 rings (SSSR count). The van der Waals surface area contributed by atoms with E-state index in [4.69, 9.17) is 23.2 Å². The molecule has 0 radical (unpaired) electrons. The van der Waals surface area contributed by atoms with Gasteiger partial charge in [-0.3, -0.25) is 14.5 Å². The van der Waals surface area contributed by atoms with Crippen LogP contribution in [-0.2, 0) is 9.59 Å². The van der Waals surface area contributed by atoms with Gasteiger partial charge in [0.15, 0.2) is 0 Å². The molecule has 30 heavy (non-hydrogen) atoms. The highest BCUT2D eigenvalue weighted by Crippen LogP contribution is 2.33. The molecule has 160 valence electrons. The van der Waals surface area contributed by atoms with Crippen molar-refractivity contribution < 1.29 is 14.0 Å². The Bertz CT molecular complexity index is 891. The molecule has 0 aliphatic heterocycles. The third-order valence-electron chi connectivity index (χ3n) is 5.63. The minimum absolute atomic E-state index is 0.0254. The summed E-state index contributed by atoms with van der Waals surface area (Å²) in [6, 6.07) is 11.3. The molecule has 1 N–H and O–H groups in total. The molecule has 0 heterocycles. The summed E-state index contributed by atoms with van der Waals surface area (Å²) in [6.45, 7) is 2.12. The SMILES string of the molecule is C[C@@H]1CCCC[C@H]1NC(=O)[C@@H](c1ccccc1Cl)N(C(=O)CCl)c1ccc(F)cc1. The zero-order valence-electron chi connectivity index (χ0n) is 16.8. The molecule has 0 bridgehead atoms. The highest BCUT2D eigenvalue weighted by atomic mass is 35.5. The number of rotatable bonds is 6. The smallest absolute Gasteiger partial charge is 0.248 e. The molecule has 1 saturated carbocycles. The van der Waals surface area contributed by atoms with Gasteiger partial charge in [0.2, 0.25) is 11.8 Å². The van der Waals surface area contributed by atoms with Crippen molar-refractivity contribution in [2.75, 3.05) is 10.8 Å². The van der Waals surface area contributed by atoms with E-state index in [9.17, 15) is 14.0 Å². The predicted molar refractivity (Wildman–Crippen MR) is 118 cm³/mol. The van der Waals surface area contributed by atoms with E-state index in [1.54, 1.807) is 24.3 Å². The van der Waals surface area contributed by atoms with Crippen LogP contribution in [0.5, 0.6) is 0 Å². The lowest BCUT2D eigenvalue weighted by atomic mass is 9.85. The quantitative estimate of drug-likeness (QED) is 0.591. The van der Waals surface area contributed by atoms with Gasteiger partial charge in [-0.2, -0.15) is 0 Å². The number of hydrogen-bond acceptors (Lipinski definition) is 2. The van der Waals surface area contributed by atoms with Gasteiger partial charge in [-0.15, -0.1) is 11.6 Å². The van der Waals surface area contributed by atoms with Crippen molar-refractivity contribution in [1.82, 2.24) is 5.32 Å². The van der Waals surface area contributed by atoms with Gasteiger partial charge in [-0.1, -0.05) is 49.6 Å². The second-order valence-electron chi connectivity index (χ2n) is 7.67. The molecule has 1 fully saturated rings. The summed E-state index contributed by atoms with van der Waals surface area (Å²) in [4.78, 5) is 27.7. The Morgan fingerprint density at radius 2 is 1.80 bits per heavy atom. The molecule has 7 heteroatoms. The summed E-state index contributed by atoms with van der Waals surface area (Å²) in [7, 11) is 0. The van der Waals surface area contributed by atoms with Gasteiger partial charge in [0.05, 0.1) is 0 Å². The van der Waals surface area contributed by atoms with E-state index in [2.05, 4.69) is 12.2 Å². The van der Waals surface area contributed by atoms with E-state index >= 15 is 0 Å². The van der Waals surface area contributed by atoms with Crippen LogP contribution < -0.4 is 10.2 Å². The number of carbonyl (C=O) groups is 2. The van der Waals surface area contributed by atoms with Crippen LogP contribution in [0.1, 0.15) is 44.2 Å². The van der Waals surface area contributed by atoms with Crippen molar-refractivity contribution >= 4 is 40.7 Å². The van der Waals surface area contributed by atoms with Crippen molar-refractivity contribution in [3.8, 4) is 0 Å². The monoisotopic (exact) mass is 450 g/mol. The minimum Gasteiger partial charge on any atom is -0.351 e. The minimum atomic E-state index is -1.02. The topological polar surface area (TPSA) is 49.4 Å². The molecule has 3 atom stereocenters. The third kappa shape index (κ3) is 5.13. The van der Waals surface area contributed by atoms with Gasteiger partial charge in [0.25, 0.3) is 0 Å². The van der Waals surface area contributed by atoms with E-state index in [1.165, 1.54) is 29.2 Å². The van der Waals surface area contributed by atoms with Crippen LogP contribution >= 0.6 is 23.2 Å². The van der Waals surface area contributed by atoms with Gasteiger partial charge >= 0.3 is 0 Å². The first kappa shape index (κ1) is 22.6. The van der Waals surface area contributed by atoms with Crippen molar-refractivity contribution in [3.05, 3.63) is 64.9 Å². The molecule has 0 aromatic heterocycles. The average Bonchev–Trinajstić information content (AvgIpc) is 2.74. The van der Waals surface area contributed by atoms with E-state index in [0.717, 1.165) is 25.7 Å². The van der Waals surface area contributed by atoms with Crippen molar-refractivity contribution in [2.45, 2.75) is 44.7 Å². The molecule has 1 aliphatic carbocycles. The van der Waals surface area contributed by atoms with Gasteiger partial charge in [0.1, 0.15) is 17.7 Å². The fourth-order valence-electron chi connectivity index (χ4n) is 3.99. The van der Waals surface area contributed by atoms with Crippen molar-refractivity contribution in [1.29, 1.82) is 0 Å². The number of anilines is 1. The largest absolute Gasteiger partial charge is 0.351 e. The lowest BCUT2D eigenvalue weighted by Crippen LogP contribution is -2.49. The lowest BCUT2D eigenvalue weighted by molar-refractivity contribution is -0.126. The van der Waals surface area contributed by atoms with Crippen LogP contribution in [0.2, 0.25) is 5.02 Å². The van der Waals surface area contributed by atoms with Crippen LogP contribution in [0.15, 0.2) is 48.5 Å². The Kier molecular flexibility index (Phi) is 7.73. The molecule has 2 aromatic rings. The third-order valence-corrected chi connectivity index (χ3v) is 6.21. The van der Waals surface area contributed by atoms with Crippen LogP contribution in [0, 0.1) is 11.7 Å². The summed E-state index contributed by atoms with van der Waals surface area (Å²) in [5.41, 5.74) is 0.863. The zero-order chi connectivity index (χ0) is 21.7. The van der Waals surface area contributed by atoms with E-state index in [-0.39, 0.29) is 17.8 Å². The first-order valence-electron chi connectivity index (χ1n) is 10.1. The maximum atomic E-state index is 13.5. The maximum absolute atomic E-state index is 13.5. The summed E-state index contributed by atoms with van der Waals surface area (Å²) >= 11 is 12.3. The van der Waals surface area contributed by atoms with Gasteiger partial charge in [-0.25, -0.2) is 4.39 Å². The van der Waals surface area contributed by atoms with Crippen molar-refractivity contribution in [2.24, 2.45) is 5.92 Å². The van der Waals surface area contributed by atoms with Crippen LogP contribution in [-0.4, -0.2) is 23.7 Å². The molecule has 0 saturated heterocycles. The summed E-state index contributed by atoms with van der Waals surface area (Å²) < 4.78 is 13.5. The van der Waals surface area contributed by atoms with Crippen LogP contribution in [0.25, 0.3) is 0 Å². The Labute approximate surface area is 186 Å². The highest BCUT2D eigenvalue weighted by Gasteiger charge is 2.35. The number of nitrogens with zero attached hydrogens (tertiary/aromatic N) is 1. The number of carbonyl (C=O) groups excluding carboxylic acids is 2.